The molecule has 0 fully saturated rings. The number of allylic oxidation sites excluding steroid dienone is 2. The Morgan fingerprint density at radius 2 is 2.50 bits per heavy atom. The molecule has 0 aliphatic heterocycles. The van der Waals surface area contributed by atoms with Gasteiger partial charge in [-0.15, -0.1) is 0 Å². The Morgan fingerprint density at radius 3 is 3.20 bits per heavy atom. The van der Waals surface area contributed by atoms with Crippen molar-refractivity contribution in [3.05, 3.63) is 12.2 Å². The van der Waals surface area contributed by atoms with E-state index in [1.807, 2.05) is 6.08 Å². The van der Waals surface area contributed by atoms with Gasteiger partial charge < -0.3 is 0 Å². The Bertz CT molecular complexity index is 147. The van der Waals surface area contributed by atoms with Gasteiger partial charge in [0.2, 0.25) is 0 Å². The van der Waals surface area contributed by atoms with Crippen LogP contribution in [0.4, 0.5) is 0 Å². The predicted molar refractivity (Wildman–Crippen MR) is 41.8 cm³/mol. The zero-order valence-corrected chi connectivity index (χ0v) is 6.47. The predicted octanol–water partition coefficient (Wildman–Crippen LogP) is 2.32. The fourth-order valence-electron chi connectivity index (χ4n) is 1.37. The molecule has 1 nitrogen and oxygen atoms in total. The van der Waals surface area contributed by atoms with Gasteiger partial charge in [0.05, 0.1) is 0 Å². The number of carbonyl (C=O) groups is 1. The lowest BCUT2D eigenvalue weighted by molar-refractivity contribution is -0.118. The molecule has 0 radical (unpaired) electrons. The minimum atomic E-state index is 0.318. The number of hydrogen-bond acceptors (Lipinski definition) is 1. The Balaban J connectivity index is 2.55. The molecule has 10 heavy (non-hydrogen) atoms. The van der Waals surface area contributed by atoms with Crippen molar-refractivity contribution in [1.82, 2.24) is 0 Å². The van der Waals surface area contributed by atoms with Gasteiger partial charge in [-0.25, -0.2) is 0 Å². The maximum atomic E-state index is 11.2. The lowest BCUT2D eigenvalue weighted by atomic mass is 9.97. The van der Waals surface area contributed by atoms with Crippen molar-refractivity contribution >= 4 is 5.78 Å². The monoisotopic (exact) mass is 138 g/mol. The van der Waals surface area contributed by atoms with Gasteiger partial charge >= 0.3 is 0 Å². The molecule has 0 saturated heterocycles. The number of ketones is 1. The third-order valence-corrected chi connectivity index (χ3v) is 2.10. The summed E-state index contributed by atoms with van der Waals surface area (Å²) in [4.78, 5) is 11.2. The van der Waals surface area contributed by atoms with Crippen molar-refractivity contribution in [2.75, 3.05) is 0 Å². The van der Waals surface area contributed by atoms with Crippen LogP contribution in [0.3, 0.4) is 0 Å². The fraction of sp³-hybridized carbons (Fsp3) is 0.667. The van der Waals surface area contributed by atoms with E-state index in [2.05, 4.69) is 6.92 Å². The van der Waals surface area contributed by atoms with Crippen molar-refractivity contribution in [3.8, 4) is 0 Å². The Hall–Kier alpha value is -0.590. The van der Waals surface area contributed by atoms with Crippen molar-refractivity contribution in [1.29, 1.82) is 0 Å². The van der Waals surface area contributed by atoms with Crippen molar-refractivity contribution in [2.24, 2.45) is 5.92 Å². The van der Waals surface area contributed by atoms with Gasteiger partial charge in [-0.1, -0.05) is 13.0 Å². The zero-order chi connectivity index (χ0) is 7.40. The molecule has 1 rings (SSSR count). The SMILES string of the molecule is CCC1CCCC=CC1=O. The number of carbonyl (C=O) groups excluding carboxylic acids is 1. The first-order chi connectivity index (χ1) is 4.84. The molecule has 1 atom stereocenters. The van der Waals surface area contributed by atoms with Gasteiger partial charge in [0.15, 0.2) is 5.78 Å². The van der Waals surface area contributed by atoms with Gasteiger partial charge in [0.1, 0.15) is 0 Å². The first-order valence-corrected chi connectivity index (χ1v) is 4.05. The summed E-state index contributed by atoms with van der Waals surface area (Å²) in [6.45, 7) is 2.09. The molecular weight excluding hydrogens is 124 g/mol. The number of hydrogen-bond donors (Lipinski definition) is 0. The Kier molecular flexibility index (Phi) is 2.67. The third kappa shape index (κ3) is 1.69. The van der Waals surface area contributed by atoms with Gasteiger partial charge in [0.25, 0.3) is 0 Å². The average Bonchev–Trinajstić information content (AvgIpc) is 2.13. The van der Waals surface area contributed by atoms with E-state index in [-0.39, 0.29) is 0 Å². The van der Waals surface area contributed by atoms with Crippen molar-refractivity contribution in [3.63, 3.8) is 0 Å². The molecular formula is C9H14O. The molecule has 1 aliphatic carbocycles. The topological polar surface area (TPSA) is 17.1 Å². The van der Waals surface area contributed by atoms with Crippen LogP contribution in [0.25, 0.3) is 0 Å². The Morgan fingerprint density at radius 1 is 1.70 bits per heavy atom. The molecule has 0 bridgehead atoms. The largest absolute Gasteiger partial charge is 0.295 e. The lowest BCUT2D eigenvalue weighted by Gasteiger charge is -2.06. The first-order valence-electron chi connectivity index (χ1n) is 4.05. The Labute approximate surface area is 62.1 Å². The summed E-state index contributed by atoms with van der Waals surface area (Å²) >= 11 is 0. The van der Waals surface area contributed by atoms with E-state index in [1.165, 1.54) is 6.42 Å². The van der Waals surface area contributed by atoms with Crippen LogP contribution in [0.1, 0.15) is 32.6 Å². The molecule has 0 saturated carbocycles. The molecule has 1 aliphatic rings. The van der Waals surface area contributed by atoms with Gasteiger partial charge in [-0.2, -0.15) is 0 Å². The van der Waals surface area contributed by atoms with Gasteiger partial charge in [-0.05, 0) is 31.8 Å². The van der Waals surface area contributed by atoms with Crippen LogP contribution in [-0.2, 0) is 4.79 Å². The van der Waals surface area contributed by atoms with Crippen LogP contribution < -0.4 is 0 Å². The molecule has 0 heterocycles. The van der Waals surface area contributed by atoms with E-state index in [4.69, 9.17) is 0 Å². The second-order valence-corrected chi connectivity index (χ2v) is 2.84. The average molecular weight is 138 g/mol. The smallest absolute Gasteiger partial charge is 0.158 e. The maximum absolute atomic E-state index is 11.2. The van der Waals surface area contributed by atoms with E-state index in [9.17, 15) is 4.79 Å². The van der Waals surface area contributed by atoms with Crippen molar-refractivity contribution in [2.45, 2.75) is 32.6 Å². The second kappa shape index (κ2) is 3.55. The van der Waals surface area contributed by atoms with E-state index in [0.717, 1.165) is 19.3 Å². The zero-order valence-electron chi connectivity index (χ0n) is 6.47. The summed E-state index contributed by atoms with van der Waals surface area (Å²) in [5.41, 5.74) is 0. The summed E-state index contributed by atoms with van der Waals surface area (Å²) in [5, 5.41) is 0. The summed E-state index contributed by atoms with van der Waals surface area (Å²) in [7, 11) is 0. The molecule has 0 aromatic heterocycles. The van der Waals surface area contributed by atoms with E-state index in [1.54, 1.807) is 6.08 Å². The van der Waals surface area contributed by atoms with Gasteiger partial charge in [0, 0.05) is 5.92 Å². The molecule has 1 heteroatoms. The van der Waals surface area contributed by atoms with Crippen molar-refractivity contribution < 1.29 is 4.79 Å². The van der Waals surface area contributed by atoms with E-state index >= 15 is 0 Å². The molecule has 56 valence electrons. The van der Waals surface area contributed by atoms with Crippen LogP contribution in [0.2, 0.25) is 0 Å². The van der Waals surface area contributed by atoms with Crippen LogP contribution >= 0.6 is 0 Å². The highest BCUT2D eigenvalue weighted by Gasteiger charge is 2.14. The highest BCUT2D eigenvalue weighted by molar-refractivity contribution is 5.91. The molecule has 0 spiro atoms. The number of rotatable bonds is 1. The first kappa shape index (κ1) is 7.52. The molecule has 0 aromatic rings. The van der Waals surface area contributed by atoms with Gasteiger partial charge in [-0.3, -0.25) is 4.79 Å². The standard InChI is InChI=1S/C9H14O/c1-2-8-6-4-3-5-7-9(8)10/h5,7-8H,2-4,6H2,1H3. The summed E-state index contributed by atoms with van der Waals surface area (Å²) < 4.78 is 0. The summed E-state index contributed by atoms with van der Waals surface area (Å²) in [6, 6.07) is 0. The summed E-state index contributed by atoms with van der Waals surface area (Å²) in [6.07, 6.45) is 8.10. The van der Waals surface area contributed by atoms with Crippen LogP contribution in [0, 0.1) is 5.92 Å². The normalized spacial score (nSPS) is 26.5. The molecule has 1 unspecified atom stereocenters. The molecule has 0 amide bonds. The molecule has 0 aromatic carbocycles. The third-order valence-electron chi connectivity index (χ3n) is 2.10. The highest BCUT2D eigenvalue weighted by atomic mass is 16.1. The van der Waals surface area contributed by atoms with Crippen LogP contribution in [-0.4, -0.2) is 5.78 Å². The highest BCUT2D eigenvalue weighted by Crippen LogP contribution is 2.17. The van der Waals surface area contributed by atoms with Crippen LogP contribution in [0.5, 0.6) is 0 Å². The van der Waals surface area contributed by atoms with E-state index < -0.39 is 0 Å². The minimum absolute atomic E-state index is 0.318. The van der Waals surface area contributed by atoms with Crippen LogP contribution in [0.15, 0.2) is 12.2 Å². The molecule has 0 N–H and O–H groups in total. The maximum Gasteiger partial charge on any atom is 0.158 e. The quantitative estimate of drug-likeness (QED) is 0.543. The fourth-order valence-corrected chi connectivity index (χ4v) is 1.37. The van der Waals surface area contributed by atoms with E-state index in [0.29, 0.717) is 11.7 Å². The minimum Gasteiger partial charge on any atom is -0.295 e. The summed E-state index contributed by atoms with van der Waals surface area (Å²) in [5.74, 6) is 0.652. The lowest BCUT2D eigenvalue weighted by Crippen LogP contribution is -2.08. The second-order valence-electron chi connectivity index (χ2n) is 2.84.